The van der Waals surface area contributed by atoms with Crippen molar-refractivity contribution in [2.24, 2.45) is 10.4 Å². The molecule has 5 rings (SSSR count). The Labute approximate surface area is 128 Å². The van der Waals surface area contributed by atoms with E-state index < -0.39 is 0 Å². The smallest absolute Gasteiger partial charge is 0.193 e. The standard InChI is InChI=1S/C16H29N5/c1-17-15(21-6-5-16(13-21)3-2-4-16)18-11-14-12-19-7-9-20(14)10-8-19/h14H,2-13H2,1H3,(H,17,18). The summed E-state index contributed by atoms with van der Waals surface area (Å²) in [6.45, 7) is 9.73. The van der Waals surface area contributed by atoms with Gasteiger partial charge in [0.05, 0.1) is 0 Å². The number of hydrogen-bond donors (Lipinski definition) is 1. The molecule has 0 amide bonds. The third kappa shape index (κ3) is 2.55. The lowest BCUT2D eigenvalue weighted by atomic mass is 9.68. The summed E-state index contributed by atoms with van der Waals surface area (Å²) in [6.07, 6.45) is 5.68. The highest BCUT2D eigenvalue weighted by Crippen LogP contribution is 2.47. The third-order valence-electron chi connectivity index (χ3n) is 6.25. The maximum absolute atomic E-state index is 4.54. The number of nitrogens with zero attached hydrogens (tertiary/aromatic N) is 4. The minimum absolute atomic E-state index is 0.650. The van der Waals surface area contributed by atoms with E-state index in [1.807, 2.05) is 7.05 Å². The van der Waals surface area contributed by atoms with Crippen molar-refractivity contribution in [2.45, 2.75) is 31.7 Å². The molecule has 1 saturated carbocycles. The molecule has 4 heterocycles. The summed E-state index contributed by atoms with van der Waals surface area (Å²) >= 11 is 0. The number of hydrogen-bond acceptors (Lipinski definition) is 3. The van der Waals surface area contributed by atoms with E-state index in [0.29, 0.717) is 11.5 Å². The Bertz CT molecular complexity index is 409. The fraction of sp³-hybridized carbons (Fsp3) is 0.938. The Hall–Kier alpha value is -0.810. The van der Waals surface area contributed by atoms with Crippen LogP contribution in [-0.2, 0) is 0 Å². The maximum Gasteiger partial charge on any atom is 0.193 e. The molecule has 0 aromatic heterocycles. The number of aliphatic imine (C=N–C) groups is 1. The van der Waals surface area contributed by atoms with Crippen LogP contribution in [0.4, 0.5) is 0 Å². The monoisotopic (exact) mass is 291 g/mol. The van der Waals surface area contributed by atoms with Crippen LogP contribution < -0.4 is 5.32 Å². The van der Waals surface area contributed by atoms with Crippen molar-refractivity contribution in [1.29, 1.82) is 0 Å². The van der Waals surface area contributed by atoms with Crippen molar-refractivity contribution >= 4 is 5.96 Å². The average Bonchev–Trinajstić information content (AvgIpc) is 2.95. The lowest BCUT2D eigenvalue weighted by molar-refractivity contribution is 0.0152. The number of piperazine rings is 3. The van der Waals surface area contributed by atoms with Crippen LogP contribution in [0, 0.1) is 5.41 Å². The SMILES string of the molecule is CN=C(NCC1CN2CCN1CC2)N1CCC2(CCC2)C1. The molecule has 1 atom stereocenters. The van der Waals surface area contributed by atoms with Crippen molar-refractivity contribution in [1.82, 2.24) is 20.0 Å². The molecule has 0 radical (unpaired) electrons. The molecule has 0 aromatic carbocycles. The predicted octanol–water partition coefficient (Wildman–Crippen LogP) is 0.438. The summed E-state index contributed by atoms with van der Waals surface area (Å²) in [6, 6.07) is 0.671. The Morgan fingerprint density at radius 2 is 1.95 bits per heavy atom. The van der Waals surface area contributed by atoms with Gasteiger partial charge in [0.15, 0.2) is 5.96 Å². The average molecular weight is 291 g/mol. The molecule has 1 aliphatic carbocycles. The van der Waals surface area contributed by atoms with Crippen LogP contribution in [0.3, 0.4) is 0 Å². The molecule has 5 heteroatoms. The van der Waals surface area contributed by atoms with Gasteiger partial charge in [-0.05, 0) is 24.7 Å². The molecule has 5 fully saturated rings. The molecular weight excluding hydrogens is 262 g/mol. The topological polar surface area (TPSA) is 34.1 Å². The second-order valence-corrected chi connectivity index (χ2v) is 7.44. The maximum atomic E-state index is 4.54. The zero-order chi connectivity index (χ0) is 14.3. The van der Waals surface area contributed by atoms with Crippen LogP contribution in [0.2, 0.25) is 0 Å². The van der Waals surface area contributed by atoms with Gasteiger partial charge in [-0.25, -0.2) is 0 Å². The van der Waals surface area contributed by atoms with Gasteiger partial charge in [-0.15, -0.1) is 0 Å². The van der Waals surface area contributed by atoms with E-state index in [-0.39, 0.29) is 0 Å². The van der Waals surface area contributed by atoms with Crippen LogP contribution >= 0.6 is 0 Å². The second kappa shape index (κ2) is 5.43. The van der Waals surface area contributed by atoms with E-state index in [2.05, 4.69) is 25.0 Å². The normalized spacial score (nSPS) is 37.9. The Morgan fingerprint density at radius 3 is 2.48 bits per heavy atom. The minimum Gasteiger partial charge on any atom is -0.355 e. The van der Waals surface area contributed by atoms with Crippen LogP contribution in [0.1, 0.15) is 25.7 Å². The van der Waals surface area contributed by atoms with Gasteiger partial charge < -0.3 is 10.2 Å². The van der Waals surface area contributed by atoms with E-state index in [9.17, 15) is 0 Å². The molecule has 0 aromatic rings. The molecule has 5 aliphatic rings. The third-order valence-corrected chi connectivity index (χ3v) is 6.25. The highest BCUT2D eigenvalue weighted by Gasteiger charge is 2.43. The molecule has 5 nitrogen and oxygen atoms in total. The highest BCUT2D eigenvalue weighted by atomic mass is 15.4. The van der Waals surface area contributed by atoms with Gasteiger partial charge in [0.1, 0.15) is 0 Å². The first-order chi connectivity index (χ1) is 10.3. The number of likely N-dealkylation sites (tertiary alicyclic amines) is 1. The van der Waals surface area contributed by atoms with Crippen LogP contribution in [0.25, 0.3) is 0 Å². The van der Waals surface area contributed by atoms with Gasteiger partial charge in [0.2, 0.25) is 0 Å². The summed E-state index contributed by atoms with van der Waals surface area (Å²) in [5.74, 6) is 1.14. The molecule has 4 saturated heterocycles. The summed E-state index contributed by atoms with van der Waals surface area (Å²) in [5, 5.41) is 3.66. The van der Waals surface area contributed by atoms with Crippen molar-refractivity contribution in [2.75, 3.05) is 59.4 Å². The van der Waals surface area contributed by atoms with Crippen LogP contribution in [0.15, 0.2) is 4.99 Å². The van der Waals surface area contributed by atoms with Gasteiger partial charge in [-0.3, -0.25) is 14.8 Å². The number of guanidine groups is 1. The second-order valence-electron chi connectivity index (χ2n) is 7.44. The summed E-state index contributed by atoms with van der Waals surface area (Å²) < 4.78 is 0. The van der Waals surface area contributed by atoms with E-state index in [4.69, 9.17) is 0 Å². The molecular formula is C16H29N5. The largest absolute Gasteiger partial charge is 0.355 e. The summed E-state index contributed by atoms with van der Waals surface area (Å²) in [7, 11) is 1.94. The van der Waals surface area contributed by atoms with E-state index in [1.165, 1.54) is 71.5 Å². The first-order valence-electron chi connectivity index (χ1n) is 8.70. The summed E-state index contributed by atoms with van der Waals surface area (Å²) in [4.78, 5) is 12.3. The van der Waals surface area contributed by atoms with Gasteiger partial charge in [-0.1, -0.05) is 6.42 Å². The van der Waals surface area contributed by atoms with Crippen molar-refractivity contribution in [3.63, 3.8) is 0 Å². The minimum atomic E-state index is 0.650. The summed E-state index contributed by atoms with van der Waals surface area (Å²) in [5.41, 5.74) is 0.650. The quantitative estimate of drug-likeness (QED) is 0.591. The van der Waals surface area contributed by atoms with E-state index in [0.717, 1.165) is 12.5 Å². The fourth-order valence-electron chi connectivity index (χ4n) is 4.66. The Balaban J connectivity index is 1.31. The first-order valence-corrected chi connectivity index (χ1v) is 8.70. The molecule has 1 spiro atoms. The zero-order valence-electron chi connectivity index (χ0n) is 13.4. The molecule has 2 bridgehead atoms. The molecule has 1 unspecified atom stereocenters. The van der Waals surface area contributed by atoms with Crippen LogP contribution in [0.5, 0.6) is 0 Å². The van der Waals surface area contributed by atoms with Gasteiger partial charge in [-0.2, -0.15) is 0 Å². The molecule has 21 heavy (non-hydrogen) atoms. The van der Waals surface area contributed by atoms with Crippen molar-refractivity contribution < 1.29 is 0 Å². The number of nitrogens with one attached hydrogen (secondary N) is 1. The number of fused-ring (bicyclic) bond motifs is 3. The fourth-order valence-corrected chi connectivity index (χ4v) is 4.66. The predicted molar refractivity (Wildman–Crippen MR) is 85.6 cm³/mol. The van der Waals surface area contributed by atoms with Gasteiger partial charge in [0, 0.05) is 65.4 Å². The molecule has 4 aliphatic heterocycles. The lowest BCUT2D eigenvalue weighted by Gasteiger charge is -2.47. The lowest BCUT2D eigenvalue weighted by Crippen LogP contribution is -2.64. The first kappa shape index (κ1) is 13.8. The van der Waals surface area contributed by atoms with E-state index >= 15 is 0 Å². The van der Waals surface area contributed by atoms with E-state index in [1.54, 1.807) is 0 Å². The Kier molecular flexibility index (Phi) is 3.58. The Morgan fingerprint density at radius 1 is 1.14 bits per heavy atom. The zero-order valence-corrected chi connectivity index (χ0v) is 13.4. The van der Waals surface area contributed by atoms with Gasteiger partial charge in [0.25, 0.3) is 0 Å². The molecule has 1 N–H and O–H groups in total. The highest BCUT2D eigenvalue weighted by molar-refractivity contribution is 5.80. The van der Waals surface area contributed by atoms with Crippen molar-refractivity contribution in [3.8, 4) is 0 Å². The number of rotatable bonds is 2. The van der Waals surface area contributed by atoms with Crippen molar-refractivity contribution in [3.05, 3.63) is 0 Å². The van der Waals surface area contributed by atoms with Crippen LogP contribution in [-0.4, -0.2) is 86.1 Å². The molecule has 118 valence electrons. The van der Waals surface area contributed by atoms with Gasteiger partial charge >= 0.3 is 0 Å².